The van der Waals surface area contributed by atoms with Crippen molar-refractivity contribution in [2.75, 3.05) is 6.54 Å². The quantitative estimate of drug-likeness (QED) is 0.766. The third-order valence-corrected chi connectivity index (χ3v) is 5.18. The lowest BCUT2D eigenvalue weighted by Gasteiger charge is -2.36. The Morgan fingerprint density at radius 1 is 1.29 bits per heavy atom. The Morgan fingerprint density at radius 3 is 2.71 bits per heavy atom. The van der Waals surface area contributed by atoms with Gasteiger partial charge >= 0.3 is 0 Å². The van der Waals surface area contributed by atoms with Gasteiger partial charge in [0.1, 0.15) is 5.82 Å². The molecule has 3 atom stereocenters. The first-order valence-corrected chi connectivity index (χ1v) is 8.92. The molecule has 1 saturated carbocycles. The maximum atomic E-state index is 14.1. The van der Waals surface area contributed by atoms with Gasteiger partial charge in [0.15, 0.2) is 0 Å². The topological polar surface area (TPSA) is 12.0 Å². The summed E-state index contributed by atoms with van der Waals surface area (Å²) in [6.07, 6.45) is 4.67. The zero-order valence-electron chi connectivity index (χ0n) is 13.3. The first-order valence-electron chi connectivity index (χ1n) is 8.13. The zero-order valence-corrected chi connectivity index (χ0v) is 14.9. The standard InChI is InChI=1S/C18H27BrFN/c1-12(2)21-11-15-5-4-13(3)8-16(15)9-14-6-7-17(19)10-18(14)20/h6-7,10,12-13,15-16,21H,4-5,8-9,11H2,1-3H3. The fraction of sp³-hybridized carbons (Fsp3) is 0.667. The van der Waals surface area contributed by atoms with Gasteiger partial charge in [0.25, 0.3) is 0 Å². The zero-order chi connectivity index (χ0) is 15.4. The van der Waals surface area contributed by atoms with Crippen LogP contribution in [0.25, 0.3) is 0 Å². The van der Waals surface area contributed by atoms with Gasteiger partial charge in [-0.05, 0) is 61.3 Å². The van der Waals surface area contributed by atoms with E-state index in [1.807, 2.05) is 12.1 Å². The van der Waals surface area contributed by atoms with Gasteiger partial charge in [-0.1, -0.05) is 49.2 Å². The van der Waals surface area contributed by atoms with E-state index in [1.165, 1.54) is 19.3 Å². The molecule has 1 aliphatic rings. The van der Waals surface area contributed by atoms with Crippen molar-refractivity contribution in [3.8, 4) is 0 Å². The molecule has 0 bridgehead atoms. The summed E-state index contributed by atoms with van der Waals surface area (Å²) in [5, 5.41) is 3.57. The van der Waals surface area contributed by atoms with Gasteiger partial charge in [-0.25, -0.2) is 4.39 Å². The average molecular weight is 356 g/mol. The van der Waals surface area contributed by atoms with Gasteiger partial charge in [0.05, 0.1) is 0 Å². The normalized spacial score (nSPS) is 26.3. The molecule has 0 aliphatic heterocycles. The minimum atomic E-state index is -0.0711. The Bertz CT molecular complexity index is 461. The number of halogens is 2. The summed E-state index contributed by atoms with van der Waals surface area (Å²) < 4.78 is 14.9. The highest BCUT2D eigenvalue weighted by Gasteiger charge is 2.29. The molecular weight excluding hydrogens is 329 g/mol. The molecule has 118 valence electrons. The van der Waals surface area contributed by atoms with Crippen molar-refractivity contribution in [2.24, 2.45) is 17.8 Å². The Kier molecular flexibility index (Phi) is 6.24. The molecule has 1 aliphatic carbocycles. The monoisotopic (exact) mass is 355 g/mol. The van der Waals surface area contributed by atoms with E-state index in [2.05, 4.69) is 42.0 Å². The van der Waals surface area contributed by atoms with Gasteiger partial charge in [-0.3, -0.25) is 0 Å². The summed E-state index contributed by atoms with van der Waals surface area (Å²) in [7, 11) is 0. The third-order valence-electron chi connectivity index (χ3n) is 4.69. The SMILES string of the molecule is CC1CCC(CNC(C)C)C(Cc2ccc(Br)cc2F)C1. The van der Waals surface area contributed by atoms with E-state index < -0.39 is 0 Å². The second-order valence-electron chi connectivity index (χ2n) is 6.94. The minimum absolute atomic E-state index is 0.0711. The highest BCUT2D eigenvalue weighted by Crippen LogP contribution is 2.36. The molecule has 0 spiro atoms. The van der Waals surface area contributed by atoms with Crippen LogP contribution in [0.2, 0.25) is 0 Å². The molecule has 1 N–H and O–H groups in total. The first-order chi connectivity index (χ1) is 9.95. The molecule has 2 rings (SSSR count). The van der Waals surface area contributed by atoms with Crippen molar-refractivity contribution in [3.63, 3.8) is 0 Å². The molecule has 0 aromatic heterocycles. The van der Waals surface area contributed by atoms with E-state index in [0.29, 0.717) is 17.9 Å². The molecule has 3 unspecified atom stereocenters. The van der Waals surface area contributed by atoms with E-state index in [0.717, 1.165) is 28.9 Å². The molecule has 0 radical (unpaired) electrons. The Balaban J connectivity index is 2.05. The molecule has 0 heterocycles. The van der Waals surface area contributed by atoms with Crippen molar-refractivity contribution in [3.05, 3.63) is 34.1 Å². The maximum absolute atomic E-state index is 14.1. The second-order valence-corrected chi connectivity index (χ2v) is 7.86. The van der Waals surface area contributed by atoms with Crippen molar-refractivity contribution in [1.29, 1.82) is 0 Å². The average Bonchev–Trinajstić information content (AvgIpc) is 2.41. The summed E-state index contributed by atoms with van der Waals surface area (Å²) in [5.41, 5.74) is 0.867. The van der Waals surface area contributed by atoms with E-state index in [1.54, 1.807) is 6.07 Å². The summed E-state index contributed by atoms with van der Waals surface area (Å²) in [4.78, 5) is 0. The van der Waals surface area contributed by atoms with Crippen LogP contribution in [0.3, 0.4) is 0 Å². The van der Waals surface area contributed by atoms with Crippen LogP contribution in [-0.4, -0.2) is 12.6 Å². The van der Waals surface area contributed by atoms with Gasteiger partial charge in [0.2, 0.25) is 0 Å². The van der Waals surface area contributed by atoms with E-state index in [4.69, 9.17) is 0 Å². The van der Waals surface area contributed by atoms with Crippen molar-refractivity contribution in [1.82, 2.24) is 5.32 Å². The lowest BCUT2D eigenvalue weighted by molar-refractivity contribution is 0.180. The van der Waals surface area contributed by atoms with E-state index >= 15 is 0 Å². The second kappa shape index (κ2) is 7.73. The molecule has 3 heteroatoms. The van der Waals surface area contributed by atoms with Crippen LogP contribution in [0.4, 0.5) is 4.39 Å². The molecule has 1 aromatic carbocycles. The molecular formula is C18H27BrFN. The molecule has 1 fully saturated rings. The van der Waals surface area contributed by atoms with Gasteiger partial charge in [0, 0.05) is 10.5 Å². The fourth-order valence-corrected chi connectivity index (χ4v) is 3.77. The van der Waals surface area contributed by atoms with Crippen LogP contribution in [0, 0.1) is 23.6 Å². The Hall–Kier alpha value is -0.410. The highest BCUT2D eigenvalue weighted by atomic mass is 79.9. The third kappa shape index (κ3) is 5.07. The lowest BCUT2D eigenvalue weighted by atomic mass is 9.72. The number of hydrogen-bond acceptors (Lipinski definition) is 1. The predicted octanol–water partition coefficient (Wildman–Crippen LogP) is 5.18. The highest BCUT2D eigenvalue weighted by molar-refractivity contribution is 9.10. The van der Waals surface area contributed by atoms with Crippen LogP contribution >= 0.6 is 15.9 Å². The predicted molar refractivity (Wildman–Crippen MR) is 90.9 cm³/mol. The summed E-state index contributed by atoms with van der Waals surface area (Å²) >= 11 is 3.33. The Morgan fingerprint density at radius 2 is 2.05 bits per heavy atom. The number of benzene rings is 1. The molecule has 1 aromatic rings. The molecule has 1 nitrogen and oxygen atoms in total. The Labute approximate surface area is 136 Å². The maximum Gasteiger partial charge on any atom is 0.127 e. The van der Waals surface area contributed by atoms with E-state index in [-0.39, 0.29) is 5.82 Å². The fourth-order valence-electron chi connectivity index (χ4n) is 3.44. The van der Waals surface area contributed by atoms with Crippen LogP contribution in [0.5, 0.6) is 0 Å². The van der Waals surface area contributed by atoms with E-state index in [9.17, 15) is 4.39 Å². The van der Waals surface area contributed by atoms with Gasteiger partial charge in [-0.2, -0.15) is 0 Å². The smallest absolute Gasteiger partial charge is 0.127 e. The van der Waals surface area contributed by atoms with Crippen molar-refractivity contribution in [2.45, 2.75) is 52.5 Å². The number of hydrogen-bond donors (Lipinski definition) is 1. The van der Waals surface area contributed by atoms with Crippen molar-refractivity contribution >= 4 is 15.9 Å². The van der Waals surface area contributed by atoms with Gasteiger partial charge in [-0.15, -0.1) is 0 Å². The van der Waals surface area contributed by atoms with Crippen LogP contribution in [-0.2, 0) is 6.42 Å². The lowest BCUT2D eigenvalue weighted by Crippen LogP contribution is -2.36. The summed E-state index contributed by atoms with van der Waals surface area (Å²) in [6, 6.07) is 6.00. The number of rotatable bonds is 5. The first kappa shape index (κ1) is 17.0. The molecule has 21 heavy (non-hydrogen) atoms. The molecule has 0 amide bonds. The van der Waals surface area contributed by atoms with Crippen LogP contribution in [0.15, 0.2) is 22.7 Å². The molecule has 0 saturated heterocycles. The van der Waals surface area contributed by atoms with Gasteiger partial charge < -0.3 is 5.32 Å². The summed E-state index contributed by atoms with van der Waals surface area (Å²) in [6.45, 7) is 7.77. The van der Waals surface area contributed by atoms with Crippen molar-refractivity contribution < 1.29 is 4.39 Å². The summed E-state index contributed by atoms with van der Waals surface area (Å²) in [5.74, 6) is 1.96. The largest absolute Gasteiger partial charge is 0.314 e. The van der Waals surface area contributed by atoms with Crippen LogP contribution in [0.1, 0.15) is 45.6 Å². The minimum Gasteiger partial charge on any atom is -0.314 e. The number of nitrogens with one attached hydrogen (secondary N) is 1. The van der Waals surface area contributed by atoms with Crippen LogP contribution < -0.4 is 5.32 Å².